The largest absolute Gasteiger partial charge is 0.354 e. The Balaban J connectivity index is 2.06. The Hall–Kier alpha value is -3.17. The maximum atomic E-state index is 14.1. The van der Waals surface area contributed by atoms with Gasteiger partial charge in [0.1, 0.15) is 12.6 Å². The number of hydrogen-bond donors (Lipinski definition) is 1. The predicted molar refractivity (Wildman–Crippen MR) is 164 cm³/mol. The van der Waals surface area contributed by atoms with Crippen LogP contribution in [0.5, 0.6) is 0 Å². The molecule has 3 aromatic rings. The Morgan fingerprint density at radius 2 is 1.52 bits per heavy atom. The molecule has 214 valence electrons. The number of aryl methyl sites for hydroxylation is 1. The highest BCUT2D eigenvalue weighted by atomic mass is 79.9. The zero-order valence-electron chi connectivity index (χ0n) is 23.5. The molecule has 0 unspecified atom stereocenters. The van der Waals surface area contributed by atoms with Gasteiger partial charge in [-0.3, -0.25) is 13.9 Å². The third-order valence-electron chi connectivity index (χ3n) is 6.54. The molecule has 7 nitrogen and oxygen atoms in total. The first-order chi connectivity index (χ1) is 19.0. The van der Waals surface area contributed by atoms with Crippen LogP contribution in [0.4, 0.5) is 5.69 Å². The van der Waals surface area contributed by atoms with Crippen molar-refractivity contribution in [3.63, 3.8) is 0 Å². The van der Waals surface area contributed by atoms with Gasteiger partial charge in [-0.25, -0.2) is 8.42 Å². The first kappa shape index (κ1) is 31.4. The smallest absolute Gasteiger partial charge is 0.244 e. The number of nitrogens with zero attached hydrogens (tertiary/aromatic N) is 2. The van der Waals surface area contributed by atoms with Gasteiger partial charge in [-0.15, -0.1) is 0 Å². The van der Waals surface area contributed by atoms with Crippen LogP contribution >= 0.6 is 15.9 Å². The molecule has 3 aromatic carbocycles. The van der Waals surface area contributed by atoms with Crippen molar-refractivity contribution in [2.24, 2.45) is 5.92 Å². The zero-order valence-corrected chi connectivity index (χ0v) is 25.9. The van der Waals surface area contributed by atoms with E-state index in [1.54, 1.807) is 12.1 Å². The Morgan fingerprint density at radius 3 is 2.12 bits per heavy atom. The van der Waals surface area contributed by atoms with Crippen LogP contribution in [0.1, 0.15) is 37.5 Å². The molecule has 0 saturated carbocycles. The van der Waals surface area contributed by atoms with E-state index >= 15 is 0 Å². The number of anilines is 1. The van der Waals surface area contributed by atoms with Crippen LogP contribution in [-0.4, -0.2) is 50.5 Å². The summed E-state index contributed by atoms with van der Waals surface area (Å²) >= 11 is 3.45. The molecule has 40 heavy (non-hydrogen) atoms. The molecule has 0 saturated heterocycles. The van der Waals surface area contributed by atoms with Crippen LogP contribution in [0.2, 0.25) is 0 Å². The minimum absolute atomic E-state index is 0.145. The standard InChI is InChI=1S/C31H38BrN3O4S/c1-5-26-13-9-10-14-28(26)35(40(4,38)39)22-30(36)34(21-25-15-17-27(32)18-16-25)29(31(37)33-20-23(2)3)19-24-11-7-6-8-12-24/h6-18,23,29H,5,19-22H2,1-4H3,(H,33,37)/t29-/m1/s1. The second kappa shape index (κ2) is 14.5. The van der Waals surface area contributed by atoms with Gasteiger partial charge in [0, 0.05) is 24.0 Å². The molecule has 0 aliphatic carbocycles. The van der Waals surface area contributed by atoms with E-state index in [4.69, 9.17) is 0 Å². The lowest BCUT2D eigenvalue weighted by atomic mass is 10.0. The van der Waals surface area contributed by atoms with E-state index in [-0.39, 0.29) is 24.8 Å². The quantitative estimate of drug-likeness (QED) is 0.283. The monoisotopic (exact) mass is 627 g/mol. The number of sulfonamides is 1. The molecular formula is C31H38BrN3O4S. The van der Waals surface area contributed by atoms with Gasteiger partial charge in [-0.1, -0.05) is 97.4 Å². The van der Waals surface area contributed by atoms with Gasteiger partial charge in [-0.05, 0) is 47.2 Å². The molecule has 9 heteroatoms. The Kier molecular flexibility index (Phi) is 11.3. The van der Waals surface area contributed by atoms with Crippen molar-refractivity contribution in [2.75, 3.05) is 23.7 Å². The van der Waals surface area contributed by atoms with E-state index in [0.717, 1.165) is 31.7 Å². The summed E-state index contributed by atoms with van der Waals surface area (Å²) in [5.41, 5.74) is 3.01. The number of nitrogens with one attached hydrogen (secondary N) is 1. The second-order valence-corrected chi connectivity index (χ2v) is 13.1. The van der Waals surface area contributed by atoms with E-state index < -0.39 is 28.5 Å². The molecule has 1 N–H and O–H groups in total. The molecule has 0 aromatic heterocycles. The van der Waals surface area contributed by atoms with Crippen molar-refractivity contribution in [3.8, 4) is 0 Å². The number of carbonyl (C=O) groups is 2. The molecule has 0 aliphatic heterocycles. The summed E-state index contributed by atoms with van der Waals surface area (Å²) in [6.45, 7) is 6.14. The van der Waals surface area contributed by atoms with Crippen LogP contribution < -0.4 is 9.62 Å². The highest BCUT2D eigenvalue weighted by Crippen LogP contribution is 2.25. The van der Waals surface area contributed by atoms with E-state index in [1.165, 1.54) is 4.90 Å². The number of amides is 2. The van der Waals surface area contributed by atoms with Crippen molar-refractivity contribution < 1.29 is 18.0 Å². The first-order valence-electron chi connectivity index (χ1n) is 13.4. The van der Waals surface area contributed by atoms with Gasteiger partial charge >= 0.3 is 0 Å². The average molecular weight is 629 g/mol. The second-order valence-electron chi connectivity index (χ2n) is 10.2. The molecule has 0 radical (unpaired) electrons. The Morgan fingerprint density at radius 1 is 0.900 bits per heavy atom. The van der Waals surface area contributed by atoms with E-state index in [9.17, 15) is 18.0 Å². The van der Waals surface area contributed by atoms with Crippen molar-refractivity contribution in [3.05, 3.63) is 100 Å². The lowest BCUT2D eigenvalue weighted by Gasteiger charge is -2.34. The van der Waals surface area contributed by atoms with Gasteiger partial charge in [-0.2, -0.15) is 0 Å². The molecule has 3 rings (SSSR count). The molecule has 2 amide bonds. The number of para-hydroxylation sites is 1. The number of rotatable bonds is 13. The summed E-state index contributed by atoms with van der Waals surface area (Å²) in [6, 6.07) is 23.4. The summed E-state index contributed by atoms with van der Waals surface area (Å²) in [5.74, 6) is -0.508. The minimum atomic E-state index is -3.80. The third kappa shape index (κ3) is 8.93. The summed E-state index contributed by atoms with van der Waals surface area (Å²) in [6.07, 6.45) is 1.99. The molecule has 0 aliphatic rings. The summed E-state index contributed by atoms with van der Waals surface area (Å²) < 4.78 is 28.0. The lowest BCUT2D eigenvalue weighted by Crippen LogP contribution is -2.53. The molecule has 1 atom stereocenters. The van der Waals surface area contributed by atoms with Crippen molar-refractivity contribution in [2.45, 2.75) is 46.2 Å². The highest BCUT2D eigenvalue weighted by Gasteiger charge is 2.33. The van der Waals surface area contributed by atoms with Gasteiger partial charge in [0.15, 0.2) is 0 Å². The van der Waals surface area contributed by atoms with E-state index in [0.29, 0.717) is 18.7 Å². The summed E-state index contributed by atoms with van der Waals surface area (Å²) in [5, 5.41) is 2.99. The maximum absolute atomic E-state index is 14.1. The first-order valence-corrected chi connectivity index (χ1v) is 16.0. The minimum Gasteiger partial charge on any atom is -0.354 e. The van der Waals surface area contributed by atoms with Crippen LogP contribution in [0, 0.1) is 5.92 Å². The van der Waals surface area contributed by atoms with Crippen LogP contribution in [0.15, 0.2) is 83.3 Å². The summed E-state index contributed by atoms with van der Waals surface area (Å²) in [4.78, 5) is 29.3. The summed E-state index contributed by atoms with van der Waals surface area (Å²) in [7, 11) is -3.80. The van der Waals surface area contributed by atoms with Gasteiger partial charge in [0.2, 0.25) is 21.8 Å². The van der Waals surface area contributed by atoms with Crippen LogP contribution in [0.25, 0.3) is 0 Å². The van der Waals surface area contributed by atoms with Gasteiger partial charge in [0.25, 0.3) is 0 Å². The van der Waals surface area contributed by atoms with Crippen molar-refractivity contribution >= 4 is 43.5 Å². The molecular weight excluding hydrogens is 590 g/mol. The van der Waals surface area contributed by atoms with Crippen LogP contribution in [-0.2, 0) is 39.0 Å². The lowest BCUT2D eigenvalue weighted by molar-refractivity contribution is -0.140. The molecule has 0 bridgehead atoms. The third-order valence-corrected chi connectivity index (χ3v) is 8.20. The number of benzene rings is 3. The normalized spacial score (nSPS) is 12.2. The fourth-order valence-corrected chi connectivity index (χ4v) is 5.56. The van der Waals surface area contributed by atoms with Gasteiger partial charge < -0.3 is 10.2 Å². The molecule has 0 fully saturated rings. The number of carbonyl (C=O) groups excluding carboxylic acids is 2. The zero-order chi connectivity index (χ0) is 29.3. The SMILES string of the molecule is CCc1ccccc1N(CC(=O)N(Cc1ccc(Br)cc1)[C@H](Cc1ccccc1)C(=O)NCC(C)C)S(C)(=O)=O. The van der Waals surface area contributed by atoms with Crippen molar-refractivity contribution in [1.82, 2.24) is 10.2 Å². The maximum Gasteiger partial charge on any atom is 0.244 e. The highest BCUT2D eigenvalue weighted by molar-refractivity contribution is 9.10. The fourth-order valence-electron chi connectivity index (χ4n) is 4.41. The molecule has 0 spiro atoms. The fraction of sp³-hybridized carbons (Fsp3) is 0.355. The number of hydrogen-bond acceptors (Lipinski definition) is 4. The Labute approximate surface area is 246 Å². The van der Waals surface area contributed by atoms with E-state index in [2.05, 4.69) is 21.2 Å². The average Bonchev–Trinajstić information content (AvgIpc) is 2.93. The van der Waals surface area contributed by atoms with Gasteiger partial charge in [0.05, 0.1) is 11.9 Å². The van der Waals surface area contributed by atoms with Crippen LogP contribution in [0.3, 0.4) is 0 Å². The predicted octanol–water partition coefficient (Wildman–Crippen LogP) is 5.19. The molecule has 0 heterocycles. The van der Waals surface area contributed by atoms with E-state index in [1.807, 2.05) is 87.5 Å². The van der Waals surface area contributed by atoms with Crippen molar-refractivity contribution in [1.29, 1.82) is 0 Å². The Bertz CT molecular complexity index is 1380. The number of halogens is 1. The topological polar surface area (TPSA) is 86.8 Å².